The number of rotatable bonds is 3. The number of hydrogen-bond donors (Lipinski definition) is 1. The molecule has 1 aliphatic rings. The van der Waals surface area contributed by atoms with Crippen LogP contribution in [-0.2, 0) is 0 Å². The standard InChI is InChI=1S/C11H18O/c1-3-4-5-6-10-9(2)7-8-11(10)12/h4-5,10-12H,2-3,6-8H2,1H3/b5-4-. The van der Waals surface area contributed by atoms with Gasteiger partial charge in [0.15, 0.2) is 0 Å². The third-order valence-electron chi connectivity index (χ3n) is 2.54. The quantitative estimate of drug-likeness (QED) is 0.639. The molecule has 0 saturated heterocycles. The largest absolute Gasteiger partial charge is 0.392 e. The average Bonchev–Trinajstić information content (AvgIpc) is 2.35. The number of allylic oxidation sites excluding steroid dienone is 2. The van der Waals surface area contributed by atoms with E-state index in [2.05, 4.69) is 25.7 Å². The molecule has 1 fully saturated rings. The fourth-order valence-corrected chi connectivity index (χ4v) is 1.73. The molecule has 12 heavy (non-hydrogen) atoms. The Bertz CT molecular complexity index is 181. The highest BCUT2D eigenvalue weighted by atomic mass is 16.3. The second-order valence-electron chi connectivity index (χ2n) is 3.49. The third-order valence-corrected chi connectivity index (χ3v) is 2.54. The molecule has 0 bridgehead atoms. The Morgan fingerprint density at radius 3 is 2.83 bits per heavy atom. The summed E-state index contributed by atoms with van der Waals surface area (Å²) in [6, 6.07) is 0. The second-order valence-corrected chi connectivity index (χ2v) is 3.49. The Morgan fingerprint density at radius 1 is 1.58 bits per heavy atom. The molecule has 0 heterocycles. The van der Waals surface area contributed by atoms with Crippen LogP contribution in [0.25, 0.3) is 0 Å². The van der Waals surface area contributed by atoms with Gasteiger partial charge < -0.3 is 5.11 Å². The van der Waals surface area contributed by atoms with Gasteiger partial charge >= 0.3 is 0 Å². The highest BCUT2D eigenvalue weighted by Crippen LogP contribution is 2.32. The molecule has 68 valence electrons. The molecular formula is C11H18O. The normalized spacial score (nSPS) is 30.3. The minimum atomic E-state index is -0.140. The molecule has 1 heteroatoms. The summed E-state index contributed by atoms with van der Waals surface area (Å²) in [5, 5.41) is 9.56. The summed E-state index contributed by atoms with van der Waals surface area (Å²) in [5.41, 5.74) is 1.23. The van der Waals surface area contributed by atoms with Crippen LogP contribution in [0, 0.1) is 5.92 Å². The molecule has 2 atom stereocenters. The van der Waals surface area contributed by atoms with E-state index in [9.17, 15) is 5.11 Å². The van der Waals surface area contributed by atoms with Gasteiger partial charge in [-0.1, -0.05) is 31.2 Å². The van der Waals surface area contributed by atoms with Crippen molar-refractivity contribution in [3.05, 3.63) is 24.3 Å². The lowest BCUT2D eigenvalue weighted by Gasteiger charge is -2.12. The summed E-state index contributed by atoms with van der Waals surface area (Å²) in [7, 11) is 0. The lowest BCUT2D eigenvalue weighted by Crippen LogP contribution is -2.12. The van der Waals surface area contributed by atoms with Crippen LogP contribution in [0.4, 0.5) is 0 Å². The van der Waals surface area contributed by atoms with Crippen molar-refractivity contribution in [2.45, 2.75) is 38.7 Å². The van der Waals surface area contributed by atoms with Crippen LogP contribution in [0.1, 0.15) is 32.6 Å². The van der Waals surface area contributed by atoms with Gasteiger partial charge in [-0.25, -0.2) is 0 Å². The Kier molecular flexibility index (Phi) is 3.54. The van der Waals surface area contributed by atoms with E-state index in [1.807, 2.05) is 0 Å². The molecule has 1 aliphatic carbocycles. The first-order valence-corrected chi connectivity index (χ1v) is 4.76. The molecule has 2 unspecified atom stereocenters. The highest BCUT2D eigenvalue weighted by molar-refractivity contribution is 5.11. The molecule has 0 amide bonds. The van der Waals surface area contributed by atoms with Crippen LogP contribution in [0.15, 0.2) is 24.3 Å². The van der Waals surface area contributed by atoms with E-state index in [1.165, 1.54) is 5.57 Å². The van der Waals surface area contributed by atoms with E-state index in [-0.39, 0.29) is 6.10 Å². The minimum absolute atomic E-state index is 0.140. The first kappa shape index (κ1) is 9.53. The maximum atomic E-state index is 9.56. The van der Waals surface area contributed by atoms with Crippen LogP contribution >= 0.6 is 0 Å². The van der Waals surface area contributed by atoms with Gasteiger partial charge in [-0.2, -0.15) is 0 Å². The number of aliphatic hydroxyl groups is 1. The van der Waals surface area contributed by atoms with Gasteiger partial charge in [-0.15, -0.1) is 0 Å². The molecule has 0 aromatic rings. The summed E-state index contributed by atoms with van der Waals surface area (Å²) >= 11 is 0. The lowest BCUT2D eigenvalue weighted by atomic mass is 9.98. The SMILES string of the molecule is C=C1CCC(O)C1C/C=C\CC. The van der Waals surface area contributed by atoms with Crippen molar-refractivity contribution in [1.82, 2.24) is 0 Å². The van der Waals surface area contributed by atoms with E-state index in [0.29, 0.717) is 5.92 Å². The van der Waals surface area contributed by atoms with E-state index in [4.69, 9.17) is 0 Å². The summed E-state index contributed by atoms with van der Waals surface area (Å²) in [5.74, 6) is 0.327. The second kappa shape index (κ2) is 4.46. The fraction of sp³-hybridized carbons (Fsp3) is 0.636. The van der Waals surface area contributed by atoms with Crippen molar-refractivity contribution in [3.63, 3.8) is 0 Å². The zero-order valence-electron chi connectivity index (χ0n) is 7.79. The van der Waals surface area contributed by atoms with Gasteiger partial charge in [0.05, 0.1) is 6.10 Å². The molecule has 0 spiro atoms. The Balaban J connectivity index is 2.39. The smallest absolute Gasteiger partial charge is 0.0611 e. The lowest BCUT2D eigenvalue weighted by molar-refractivity contribution is 0.143. The topological polar surface area (TPSA) is 20.2 Å². The van der Waals surface area contributed by atoms with Crippen LogP contribution in [0.3, 0.4) is 0 Å². The molecular weight excluding hydrogens is 148 g/mol. The van der Waals surface area contributed by atoms with Crippen LogP contribution in [0.2, 0.25) is 0 Å². The zero-order valence-corrected chi connectivity index (χ0v) is 7.79. The molecule has 0 aromatic heterocycles. The van der Waals surface area contributed by atoms with Crippen LogP contribution < -0.4 is 0 Å². The predicted octanol–water partition coefficient (Wildman–Crippen LogP) is 2.67. The monoisotopic (exact) mass is 166 g/mol. The minimum Gasteiger partial charge on any atom is -0.392 e. The maximum absolute atomic E-state index is 9.56. The van der Waals surface area contributed by atoms with Crippen molar-refractivity contribution < 1.29 is 5.11 Å². The fourth-order valence-electron chi connectivity index (χ4n) is 1.73. The summed E-state index contributed by atoms with van der Waals surface area (Å²) < 4.78 is 0. The van der Waals surface area contributed by atoms with E-state index in [0.717, 1.165) is 25.7 Å². The Morgan fingerprint density at radius 2 is 2.33 bits per heavy atom. The molecule has 1 saturated carbocycles. The van der Waals surface area contributed by atoms with Gasteiger partial charge in [0, 0.05) is 5.92 Å². The Labute approximate surface area is 74.8 Å². The van der Waals surface area contributed by atoms with E-state index in [1.54, 1.807) is 0 Å². The van der Waals surface area contributed by atoms with E-state index >= 15 is 0 Å². The van der Waals surface area contributed by atoms with Crippen molar-refractivity contribution >= 4 is 0 Å². The molecule has 1 N–H and O–H groups in total. The molecule has 0 aromatic carbocycles. The molecule has 0 radical (unpaired) electrons. The first-order valence-electron chi connectivity index (χ1n) is 4.76. The van der Waals surface area contributed by atoms with Crippen molar-refractivity contribution in [2.75, 3.05) is 0 Å². The zero-order chi connectivity index (χ0) is 8.97. The van der Waals surface area contributed by atoms with Gasteiger partial charge in [-0.3, -0.25) is 0 Å². The van der Waals surface area contributed by atoms with Crippen molar-refractivity contribution in [2.24, 2.45) is 5.92 Å². The summed E-state index contributed by atoms with van der Waals surface area (Å²) in [6.07, 6.45) is 8.13. The Hall–Kier alpha value is -0.560. The molecule has 0 aliphatic heterocycles. The summed E-state index contributed by atoms with van der Waals surface area (Å²) in [4.78, 5) is 0. The predicted molar refractivity (Wildman–Crippen MR) is 51.9 cm³/mol. The van der Waals surface area contributed by atoms with E-state index < -0.39 is 0 Å². The average molecular weight is 166 g/mol. The van der Waals surface area contributed by atoms with Gasteiger partial charge in [0.2, 0.25) is 0 Å². The van der Waals surface area contributed by atoms with Gasteiger partial charge in [-0.05, 0) is 25.7 Å². The summed E-state index contributed by atoms with van der Waals surface area (Å²) in [6.45, 7) is 6.09. The van der Waals surface area contributed by atoms with Crippen LogP contribution in [-0.4, -0.2) is 11.2 Å². The maximum Gasteiger partial charge on any atom is 0.0611 e. The number of aliphatic hydroxyl groups excluding tert-OH is 1. The number of hydrogen-bond acceptors (Lipinski definition) is 1. The van der Waals surface area contributed by atoms with Gasteiger partial charge in [0.25, 0.3) is 0 Å². The van der Waals surface area contributed by atoms with Gasteiger partial charge in [0.1, 0.15) is 0 Å². The van der Waals surface area contributed by atoms with Crippen molar-refractivity contribution in [1.29, 1.82) is 0 Å². The first-order chi connectivity index (χ1) is 5.75. The molecule has 1 nitrogen and oxygen atoms in total. The molecule has 1 rings (SSSR count). The van der Waals surface area contributed by atoms with Crippen LogP contribution in [0.5, 0.6) is 0 Å². The van der Waals surface area contributed by atoms with Crippen molar-refractivity contribution in [3.8, 4) is 0 Å². The third kappa shape index (κ3) is 2.21. The highest BCUT2D eigenvalue weighted by Gasteiger charge is 2.26.